The van der Waals surface area contributed by atoms with Gasteiger partial charge in [0.15, 0.2) is 6.04 Å². The van der Waals surface area contributed by atoms with Gasteiger partial charge in [-0.25, -0.2) is 4.99 Å². The van der Waals surface area contributed by atoms with Crippen molar-refractivity contribution in [3.63, 3.8) is 0 Å². The van der Waals surface area contributed by atoms with Crippen molar-refractivity contribution in [1.82, 2.24) is 5.27 Å². The van der Waals surface area contributed by atoms with E-state index >= 15 is 0 Å². The molecule has 1 unspecified atom stereocenters. The standard InChI is InChI=1S/C18H18N4O2/c1-14(12-15-8-4-2-5-9-15)22-13-17(24-21-22)20-18(23)19-16-10-6-3-7-11-16/h2-11,13-14H,12H2,1H3,(H-,19,20,21,23)/i3D,6D,7D,10D,11D. The molecule has 0 aliphatic carbocycles. The Labute approximate surface area is 147 Å². The maximum atomic E-state index is 12.2. The number of rotatable bonds is 5. The average Bonchev–Trinajstić information content (AvgIpc) is 3.17. The number of nitrogens with one attached hydrogen (secondary N) is 1. The van der Waals surface area contributed by atoms with Crippen LogP contribution in [-0.2, 0) is 6.42 Å². The Kier molecular flexibility index (Phi) is 3.27. The first-order chi connectivity index (χ1) is 13.8. The predicted molar refractivity (Wildman–Crippen MR) is 88.7 cm³/mol. The van der Waals surface area contributed by atoms with Gasteiger partial charge in [-0.1, -0.05) is 48.5 Å². The van der Waals surface area contributed by atoms with Crippen molar-refractivity contribution in [2.24, 2.45) is 4.99 Å². The van der Waals surface area contributed by atoms with Crippen LogP contribution >= 0.6 is 0 Å². The van der Waals surface area contributed by atoms with Crippen molar-refractivity contribution >= 4 is 17.6 Å². The smallest absolute Gasteiger partial charge is 0.322 e. The summed E-state index contributed by atoms with van der Waals surface area (Å²) in [6, 6.07) is 6.14. The maximum absolute atomic E-state index is 12.2. The minimum atomic E-state index is -0.942. The average molecular weight is 327 g/mol. The fourth-order valence-corrected chi connectivity index (χ4v) is 2.10. The Balaban J connectivity index is 1.77. The van der Waals surface area contributed by atoms with Crippen LogP contribution < -0.4 is 15.1 Å². The van der Waals surface area contributed by atoms with Gasteiger partial charge in [0.05, 0.1) is 12.9 Å². The second-order valence-electron chi connectivity index (χ2n) is 5.10. The molecule has 122 valence electrons. The first-order valence-corrected chi connectivity index (χ1v) is 7.29. The van der Waals surface area contributed by atoms with Crippen molar-refractivity contribution in [2.45, 2.75) is 19.4 Å². The molecule has 1 heterocycles. The van der Waals surface area contributed by atoms with Crippen molar-refractivity contribution in [1.29, 1.82) is 0 Å². The lowest BCUT2D eigenvalue weighted by atomic mass is 10.1. The third kappa shape index (κ3) is 4.19. The highest BCUT2D eigenvalue weighted by Crippen LogP contribution is 2.12. The monoisotopic (exact) mass is 327 g/mol. The molecular weight excluding hydrogens is 304 g/mol. The van der Waals surface area contributed by atoms with Crippen LogP contribution in [0.4, 0.5) is 11.6 Å². The third-order valence-corrected chi connectivity index (χ3v) is 3.24. The van der Waals surface area contributed by atoms with Gasteiger partial charge in [0.1, 0.15) is 0 Å². The van der Waals surface area contributed by atoms with E-state index in [9.17, 15) is 5.11 Å². The number of anilines is 1. The van der Waals surface area contributed by atoms with E-state index in [1.165, 1.54) is 10.9 Å². The first kappa shape index (κ1) is 10.6. The quantitative estimate of drug-likeness (QED) is 0.443. The number of hydrogen-bond acceptors (Lipinski definition) is 4. The largest absolute Gasteiger partial charge is 0.846 e. The molecule has 0 amide bonds. The predicted octanol–water partition coefficient (Wildman–Crippen LogP) is 2.23. The Morgan fingerprint density at radius 2 is 2.08 bits per heavy atom. The summed E-state index contributed by atoms with van der Waals surface area (Å²) in [7, 11) is 0. The van der Waals surface area contributed by atoms with Crippen LogP contribution in [0.2, 0.25) is 0 Å². The summed E-state index contributed by atoms with van der Waals surface area (Å²) >= 11 is 0. The summed E-state index contributed by atoms with van der Waals surface area (Å²) in [6.07, 6.45) is 2.15. The normalized spacial score (nSPS) is 15.7. The van der Waals surface area contributed by atoms with Gasteiger partial charge in [0, 0.05) is 19.0 Å². The molecule has 3 rings (SSSR count). The van der Waals surface area contributed by atoms with E-state index < -0.39 is 36.2 Å². The minimum absolute atomic E-state index is 0.0470. The van der Waals surface area contributed by atoms with E-state index in [0.29, 0.717) is 6.42 Å². The number of aromatic nitrogens is 2. The SMILES string of the molecule is [2H]c1c([2H])c([2H])c(NC([O-])=Nc2c[n+](C(C)Cc3ccccc3)no2)c([2H])c1[2H]. The Morgan fingerprint density at radius 3 is 2.83 bits per heavy atom. The van der Waals surface area contributed by atoms with Crippen LogP contribution in [0.5, 0.6) is 0 Å². The van der Waals surface area contributed by atoms with Crippen LogP contribution in [0, 0.1) is 0 Å². The molecule has 0 aliphatic heterocycles. The molecule has 3 aromatic rings. The maximum Gasteiger partial charge on any atom is 0.322 e. The van der Waals surface area contributed by atoms with Gasteiger partial charge in [0.25, 0.3) is 6.20 Å². The molecule has 1 N–H and O–H groups in total. The molecule has 0 saturated carbocycles. The number of benzene rings is 2. The van der Waals surface area contributed by atoms with Gasteiger partial charge in [-0.2, -0.15) is 0 Å². The summed E-state index contributed by atoms with van der Waals surface area (Å²) in [6.45, 7) is 1.94. The van der Waals surface area contributed by atoms with Crippen LogP contribution in [0.3, 0.4) is 0 Å². The molecule has 1 aromatic heterocycles. The highest BCUT2D eigenvalue weighted by Gasteiger charge is 2.19. The molecule has 24 heavy (non-hydrogen) atoms. The van der Waals surface area contributed by atoms with Crippen molar-refractivity contribution in [3.8, 4) is 0 Å². The lowest BCUT2D eigenvalue weighted by molar-refractivity contribution is -0.782. The first-order valence-electron chi connectivity index (χ1n) is 9.79. The zero-order chi connectivity index (χ0) is 21.1. The van der Waals surface area contributed by atoms with Gasteiger partial charge < -0.3 is 10.4 Å². The lowest BCUT2D eigenvalue weighted by Gasteiger charge is -2.11. The second-order valence-corrected chi connectivity index (χ2v) is 5.10. The van der Waals surface area contributed by atoms with E-state index in [4.69, 9.17) is 11.4 Å². The number of hydrogen-bond donors (Lipinski definition) is 1. The Hall–Kier alpha value is -3.15. The number of aliphatic imine (C=N–C) groups is 1. The highest BCUT2D eigenvalue weighted by molar-refractivity contribution is 5.86. The summed E-state index contributed by atoms with van der Waals surface area (Å²) in [4.78, 5) is 3.69. The molecule has 6 heteroatoms. The molecule has 0 fully saturated rings. The molecule has 1 atom stereocenters. The van der Waals surface area contributed by atoms with Crippen LogP contribution in [0.25, 0.3) is 0 Å². The van der Waals surface area contributed by atoms with Gasteiger partial charge in [-0.05, 0) is 22.3 Å². The molecule has 2 aromatic carbocycles. The number of nitrogens with zero attached hydrogens (tertiary/aromatic N) is 3. The van der Waals surface area contributed by atoms with Crippen molar-refractivity contribution < 1.29 is 21.2 Å². The summed E-state index contributed by atoms with van der Waals surface area (Å²) in [5.41, 5.74) is 0.766. The van der Waals surface area contributed by atoms with Gasteiger partial charge >= 0.3 is 5.88 Å². The Morgan fingerprint density at radius 1 is 1.33 bits per heavy atom. The fraction of sp³-hybridized carbons (Fsp3) is 0.167. The van der Waals surface area contributed by atoms with Gasteiger partial charge in [0.2, 0.25) is 5.27 Å². The zero-order valence-electron chi connectivity index (χ0n) is 17.9. The second kappa shape index (κ2) is 7.41. The van der Waals surface area contributed by atoms with Gasteiger partial charge in [-0.3, -0.25) is 4.52 Å². The molecule has 0 radical (unpaired) electrons. The van der Waals surface area contributed by atoms with E-state index in [1.807, 2.05) is 37.3 Å². The molecule has 0 aliphatic rings. The van der Waals surface area contributed by atoms with Crippen molar-refractivity contribution in [2.75, 3.05) is 5.32 Å². The zero-order valence-corrected chi connectivity index (χ0v) is 12.9. The lowest BCUT2D eigenvalue weighted by Crippen LogP contribution is -2.39. The summed E-state index contributed by atoms with van der Waals surface area (Å²) < 4.78 is 45.0. The molecule has 6 nitrogen and oxygen atoms in total. The summed E-state index contributed by atoms with van der Waals surface area (Å²) in [5, 5.41) is 18.2. The van der Waals surface area contributed by atoms with Crippen molar-refractivity contribution in [3.05, 3.63) is 72.3 Å². The minimum Gasteiger partial charge on any atom is -0.846 e. The third-order valence-electron chi connectivity index (χ3n) is 3.24. The molecule has 0 bridgehead atoms. The molecule has 0 spiro atoms. The van der Waals surface area contributed by atoms with Gasteiger partial charge in [-0.15, -0.1) is 0 Å². The van der Waals surface area contributed by atoms with E-state index in [2.05, 4.69) is 15.6 Å². The fourth-order valence-electron chi connectivity index (χ4n) is 2.10. The number of para-hydroxylation sites is 1. The highest BCUT2D eigenvalue weighted by atomic mass is 16.5. The summed E-state index contributed by atoms with van der Waals surface area (Å²) in [5.74, 6) is -0.0743. The molecule has 0 saturated heterocycles. The topological polar surface area (TPSA) is 77.4 Å². The van der Waals surface area contributed by atoms with Crippen LogP contribution in [0.15, 0.2) is 76.3 Å². The Bertz CT molecular complexity index is 1030. The van der Waals surface area contributed by atoms with E-state index in [-0.39, 0.29) is 17.6 Å². The van der Waals surface area contributed by atoms with Crippen LogP contribution in [0.1, 0.15) is 25.4 Å². The van der Waals surface area contributed by atoms with Crippen LogP contribution in [-0.4, -0.2) is 11.3 Å². The van der Waals surface area contributed by atoms with E-state index in [0.717, 1.165) is 5.56 Å². The molecular formula is C18H18N4O2. The number of amidine groups is 1. The van der Waals surface area contributed by atoms with E-state index in [1.54, 1.807) is 0 Å².